The first-order valence-corrected chi connectivity index (χ1v) is 10.3. The van der Waals surface area contributed by atoms with Crippen molar-refractivity contribution >= 4 is 22.3 Å². The molecule has 0 spiro atoms. The normalized spacial score (nSPS) is 21.9. The second-order valence-corrected chi connectivity index (χ2v) is 7.83. The Balaban J connectivity index is 1.27. The highest BCUT2D eigenvalue weighted by Crippen LogP contribution is 2.30. The van der Waals surface area contributed by atoms with Gasteiger partial charge in [0.2, 0.25) is 5.91 Å². The van der Waals surface area contributed by atoms with Crippen molar-refractivity contribution in [2.24, 2.45) is 0 Å². The van der Waals surface area contributed by atoms with Gasteiger partial charge in [-0.05, 0) is 40.3 Å². The van der Waals surface area contributed by atoms with Gasteiger partial charge in [-0.15, -0.1) is 0 Å². The number of nitrogens with one attached hydrogen (secondary N) is 2. The van der Waals surface area contributed by atoms with Crippen LogP contribution in [-0.4, -0.2) is 29.9 Å². The number of hydrogen-bond donors (Lipinski definition) is 2. The second-order valence-electron chi connectivity index (χ2n) is 7.83. The molecule has 0 saturated carbocycles. The average Bonchev–Trinajstić information content (AvgIpc) is 3.29. The van der Waals surface area contributed by atoms with E-state index < -0.39 is 0 Å². The number of carbonyl (C=O) groups excluding carboxylic acids is 1. The molecule has 2 heterocycles. The first-order chi connectivity index (χ1) is 14.3. The fourth-order valence-electron chi connectivity index (χ4n) is 4.48. The highest BCUT2D eigenvalue weighted by Gasteiger charge is 2.33. The third kappa shape index (κ3) is 3.57. The van der Waals surface area contributed by atoms with Gasteiger partial charge >= 0.3 is 0 Å². The summed E-state index contributed by atoms with van der Waals surface area (Å²) in [6.45, 7) is 1.46. The van der Waals surface area contributed by atoms with Crippen LogP contribution in [-0.2, 0) is 4.79 Å². The number of amides is 1. The van der Waals surface area contributed by atoms with Crippen molar-refractivity contribution in [2.75, 3.05) is 13.1 Å². The summed E-state index contributed by atoms with van der Waals surface area (Å²) in [5, 5.41) is 2.48. The Labute approximate surface area is 171 Å². The zero-order valence-corrected chi connectivity index (χ0v) is 16.3. The van der Waals surface area contributed by atoms with E-state index in [9.17, 15) is 4.79 Å². The molecule has 2 aliphatic rings. The maximum Gasteiger partial charge on any atom is 0.241 e. The maximum absolute atomic E-state index is 13.1. The molecule has 2 N–H and O–H groups in total. The fraction of sp³-hybridized carbons (Fsp3) is 0.240. The topological polar surface area (TPSA) is 44.4 Å². The number of carbonyl (C=O) groups is 1. The summed E-state index contributed by atoms with van der Waals surface area (Å²) < 4.78 is 0. The van der Waals surface area contributed by atoms with Gasteiger partial charge in [-0.3, -0.25) is 4.79 Å². The molecule has 2 unspecified atom stereocenters. The summed E-state index contributed by atoms with van der Waals surface area (Å²) in [6, 6.07) is 25.2. The Morgan fingerprint density at radius 3 is 2.52 bits per heavy atom. The van der Waals surface area contributed by atoms with E-state index in [2.05, 4.69) is 83.7 Å². The molecule has 0 bridgehead atoms. The molecule has 1 fully saturated rings. The first-order valence-electron chi connectivity index (χ1n) is 10.3. The van der Waals surface area contributed by atoms with Crippen molar-refractivity contribution in [2.45, 2.75) is 24.9 Å². The van der Waals surface area contributed by atoms with Gasteiger partial charge in [0.05, 0.1) is 0 Å². The van der Waals surface area contributed by atoms with Gasteiger partial charge in [0.1, 0.15) is 6.04 Å². The highest BCUT2D eigenvalue weighted by atomic mass is 16.2. The van der Waals surface area contributed by atoms with Crippen LogP contribution in [0.2, 0.25) is 0 Å². The van der Waals surface area contributed by atoms with Crippen molar-refractivity contribution in [1.82, 2.24) is 15.8 Å². The molecule has 2 atom stereocenters. The Morgan fingerprint density at radius 2 is 1.69 bits per heavy atom. The molecule has 1 saturated heterocycles. The van der Waals surface area contributed by atoms with Gasteiger partial charge in [0.15, 0.2) is 0 Å². The molecule has 3 aromatic rings. The predicted molar refractivity (Wildman–Crippen MR) is 117 cm³/mol. The van der Waals surface area contributed by atoms with E-state index in [1.807, 2.05) is 11.0 Å². The van der Waals surface area contributed by atoms with Crippen molar-refractivity contribution < 1.29 is 4.79 Å². The van der Waals surface area contributed by atoms with Gasteiger partial charge in [0.25, 0.3) is 0 Å². The zero-order chi connectivity index (χ0) is 19.6. The number of hydrazine groups is 1. The van der Waals surface area contributed by atoms with Gasteiger partial charge < -0.3 is 4.90 Å². The first kappa shape index (κ1) is 18.1. The van der Waals surface area contributed by atoms with Gasteiger partial charge in [-0.2, -0.15) is 0 Å². The van der Waals surface area contributed by atoms with Crippen LogP contribution in [0, 0.1) is 0 Å². The van der Waals surface area contributed by atoms with Crippen LogP contribution < -0.4 is 10.9 Å². The number of fused-ring (bicyclic) bond motifs is 1. The number of rotatable bonds is 3. The Bertz CT molecular complexity index is 1050. The molecule has 4 heteroatoms. The van der Waals surface area contributed by atoms with E-state index in [1.165, 1.54) is 27.5 Å². The quantitative estimate of drug-likeness (QED) is 0.717. The molecule has 1 amide bonds. The molecule has 5 rings (SSSR count). The van der Waals surface area contributed by atoms with Crippen LogP contribution in [0.5, 0.6) is 0 Å². The number of hydrogen-bond acceptors (Lipinski definition) is 3. The fourth-order valence-corrected chi connectivity index (χ4v) is 4.48. The van der Waals surface area contributed by atoms with Crippen LogP contribution in [0.25, 0.3) is 16.3 Å². The zero-order valence-electron chi connectivity index (χ0n) is 16.3. The van der Waals surface area contributed by atoms with Gasteiger partial charge in [-0.25, -0.2) is 10.9 Å². The van der Waals surface area contributed by atoms with E-state index in [1.54, 1.807) is 0 Å². The second kappa shape index (κ2) is 7.82. The summed E-state index contributed by atoms with van der Waals surface area (Å²) in [4.78, 5) is 15.0. The Morgan fingerprint density at radius 1 is 0.897 bits per heavy atom. The summed E-state index contributed by atoms with van der Waals surface area (Å²) >= 11 is 0. The lowest BCUT2D eigenvalue weighted by molar-refractivity contribution is -0.132. The van der Waals surface area contributed by atoms with Gasteiger partial charge in [0, 0.05) is 19.1 Å². The lowest BCUT2D eigenvalue weighted by Crippen LogP contribution is -2.46. The molecule has 2 aliphatic heterocycles. The largest absolute Gasteiger partial charge is 0.337 e. The molecule has 0 aliphatic carbocycles. The molecule has 29 heavy (non-hydrogen) atoms. The summed E-state index contributed by atoms with van der Waals surface area (Å²) in [6.07, 6.45) is 3.86. The monoisotopic (exact) mass is 383 g/mol. The van der Waals surface area contributed by atoms with E-state index in [-0.39, 0.29) is 18.0 Å². The minimum absolute atomic E-state index is 0.135. The number of benzene rings is 3. The van der Waals surface area contributed by atoms with Crippen molar-refractivity contribution in [3.05, 3.63) is 90.0 Å². The Hall–Kier alpha value is -2.95. The van der Waals surface area contributed by atoms with E-state index >= 15 is 0 Å². The van der Waals surface area contributed by atoms with E-state index in [4.69, 9.17) is 0 Å². The Kier molecular flexibility index (Phi) is 4.88. The van der Waals surface area contributed by atoms with Crippen LogP contribution in [0.1, 0.15) is 30.0 Å². The minimum Gasteiger partial charge on any atom is -0.337 e. The van der Waals surface area contributed by atoms with E-state index in [0.29, 0.717) is 6.54 Å². The minimum atomic E-state index is -0.189. The standard InChI is InChI=1S/C25H25N3O/c29-25(28-15-13-19(14-16-28)18-7-2-1-3-8-18)24-17-23(26-27-24)22-12-6-10-20-9-4-5-11-21(20)22/h1-13,23-24,26-27H,14-17H2. The molecule has 0 aromatic heterocycles. The molecular weight excluding hydrogens is 358 g/mol. The average molecular weight is 383 g/mol. The van der Waals surface area contributed by atoms with Crippen molar-refractivity contribution in [1.29, 1.82) is 0 Å². The molecule has 146 valence electrons. The molecule has 4 nitrogen and oxygen atoms in total. The van der Waals surface area contributed by atoms with Crippen molar-refractivity contribution in [3.8, 4) is 0 Å². The smallest absolute Gasteiger partial charge is 0.241 e. The summed E-state index contributed by atoms with van der Waals surface area (Å²) in [5.74, 6) is 0.184. The summed E-state index contributed by atoms with van der Waals surface area (Å²) in [5.41, 5.74) is 10.4. The van der Waals surface area contributed by atoms with Crippen LogP contribution >= 0.6 is 0 Å². The SMILES string of the molecule is O=C(C1CC(c2cccc3ccccc23)NN1)N1CC=C(c2ccccc2)CC1. The number of nitrogens with zero attached hydrogens (tertiary/aromatic N) is 1. The van der Waals surface area contributed by atoms with E-state index in [0.717, 1.165) is 19.4 Å². The molecule has 0 radical (unpaired) electrons. The predicted octanol–water partition coefficient (Wildman–Crippen LogP) is 4.06. The third-order valence-electron chi connectivity index (χ3n) is 6.07. The lowest BCUT2D eigenvalue weighted by atomic mass is 9.95. The van der Waals surface area contributed by atoms with Crippen molar-refractivity contribution in [3.63, 3.8) is 0 Å². The lowest BCUT2D eigenvalue weighted by Gasteiger charge is -2.28. The van der Waals surface area contributed by atoms with Crippen LogP contribution in [0.3, 0.4) is 0 Å². The molecular formula is C25H25N3O. The highest BCUT2D eigenvalue weighted by molar-refractivity contribution is 5.87. The summed E-state index contributed by atoms with van der Waals surface area (Å²) in [7, 11) is 0. The van der Waals surface area contributed by atoms with Crippen LogP contribution in [0.15, 0.2) is 78.9 Å². The third-order valence-corrected chi connectivity index (χ3v) is 6.07. The van der Waals surface area contributed by atoms with Crippen LogP contribution in [0.4, 0.5) is 0 Å². The van der Waals surface area contributed by atoms with Gasteiger partial charge in [-0.1, -0.05) is 78.9 Å². The maximum atomic E-state index is 13.1. The molecule has 3 aromatic carbocycles.